The van der Waals surface area contributed by atoms with Crippen LogP contribution in [0.1, 0.15) is 48.2 Å². The minimum atomic E-state index is -0.460. The van der Waals surface area contributed by atoms with Crippen LogP contribution in [0.2, 0.25) is 0 Å². The zero-order chi connectivity index (χ0) is 22.5. The Hall–Kier alpha value is -3.28. The summed E-state index contributed by atoms with van der Waals surface area (Å²) >= 11 is 0. The Morgan fingerprint density at radius 1 is 1.12 bits per heavy atom. The number of aromatic nitrogens is 2. The molecule has 3 heterocycles. The van der Waals surface area contributed by atoms with E-state index >= 15 is 0 Å². The maximum absolute atomic E-state index is 13.5. The predicted octanol–water partition coefficient (Wildman–Crippen LogP) is 4.71. The van der Waals surface area contributed by atoms with Gasteiger partial charge in [0.25, 0.3) is 5.91 Å². The van der Waals surface area contributed by atoms with Crippen LogP contribution in [0.15, 0.2) is 48.7 Å². The number of rotatable bonds is 3. The summed E-state index contributed by atoms with van der Waals surface area (Å²) in [5.74, 6) is 1.58. The second kappa shape index (κ2) is 7.69. The lowest BCUT2D eigenvalue weighted by Crippen LogP contribution is -2.49. The molecule has 0 unspecified atom stereocenters. The van der Waals surface area contributed by atoms with Crippen molar-refractivity contribution >= 4 is 5.91 Å². The van der Waals surface area contributed by atoms with Crippen LogP contribution in [0, 0.1) is 6.92 Å². The fourth-order valence-electron chi connectivity index (χ4n) is 4.93. The molecular formula is C26H29N3O3. The lowest BCUT2D eigenvalue weighted by atomic mass is 9.81. The Kier molecular flexibility index (Phi) is 4.96. The fraction of sp³-hybridized carbons (Fsp3) is 0.385. The zero-order valence-electron chi connectivity index (χ0n) is 19.1. The highest BCUT2D eigenvalue weighted by Crippen LogP contribution is 2.49. The third-order valence-corrected chi connectivity index (χ3v) is 6.53. The topological polar surface area (TPSA) is 56.6 Å². The quantitative estimate of drug-likeness (QED) is 0.603. The minimum absolute atomic E-state index is 0.00647. The number of aryl methyl sites for hydroxylation is 2. The molecule has 0 atom stereocenters. The Morgan fingerprint density at radius 2 is 1.88 bits per heavy atom. The van der Waals surface area contributed by atoms with Crippen molar-refractivity contribution in [3.05, 3.63) is 65.4 Å². The van der Waals surface area contributed by atoms with Crippen LogP contribution in [-0.2, 0) is 12.6 Å². The molecule has 2 aliphatic rings. The van der Waals surface area contributed by atoms with Crippen LogP contribution >= 0.6 is 0 Å². The first-order chi connectivity index (χ1) is 15.4. The summed E-state index contributed by atoms with van der Waals surface area (Å²) in [5, 5.41) is 4.54. The van der Waals surface area contributed by atoms with E-state index in [1.165, 1.54) is 0 Å². The van der Waals surface area contributed by atoms with Gasteiger partial charge >= 0.3 is 0 Å². The molecule has 0 bridgehead atoms. The van der Waals surface area contributed by atoms with Gasteiger partial charge in [-0.05, 0) is 44.5 Å². The summed E-state index contributed by atoms with van der Waals surface area (Å²) in [6.07, 6.45) is 3.38. The SMILES string of the molecule is Cc1cccc(C(=O)N2CCC3(CC2)Oc2ccccc2-c2c3cnn2C)c1OC(C)C. The van der Waals surface area contributed by atoms with E-state index in [9.17, 15) is 4.79 Å². The van der Waals surface area contributed by atoms with Gasteiger partial charge in [-0.3, -0.25) is 9.48 Å². The molecule has 1 fully saturated rings. The van der Waals surface area contributed by atoms with Crippen molar-refractivity contribution in [3.63, 3.8) is 0 Å². The van der Waals surface area contributed by atoms with E-state index in [1.807, 2.05) is 80.0 Å². The van der Waals surface area contributed by atoms with Crippen LogP contribution in [0.25, 0.3) is 11.3 Å². The van der Waals surface area contributed by atoms with E-state index in [-0.39, 0.29) is 12.0 Å². The maximum atomic E-state index is 13.5. The number of piperidine rings is 1. The average molecular weight is 432 g/mol. The van der Waals surface area contributed by atoms with Crippen LogP contribution in [0.3, 0.4) is 0 Å². The Labute approximate surface area is 188 Å². The third-order valence-electron chi connectivity index (χ3n) is 6.53. The van der Waals surface area contributed by atoms with Gasteiger partial charge < -0.3 is 14.4 Å². The summed E-state index contributed by atoms with van der Waals surface area (Å²) < 4.78 is 14.5. The average Bonchev–Trinajstić information content (AvgIpc) is 3.18. The van der Waals surface area contributed by atoms with E-state index in [4.69, 9.17) is 9.47 Å². The number of carbonyl (C=O) groups excluding carboxylic acids is 1. The molecule has 6 heteroatoms. The number of ether oxygens (including phenoxy) is 2. The fourth-order valence-corrected chi connectivity index (χ4v) is 4.93. The molecule has 0 N–H and O–H groups in total. The van der Waals surface area contributed by atoms with Crippen molar-refractivity contribution < 1.29 is 14.3 Å². The predicted molar refractivity (Wildman–Crippen MR) is 123 cm³/mol. The van der Waals surface area contributed by atoms with Crippen molar-refractivity contribution in [1.82, 2.24) is 14.7 Å². The standard InChI is InChI=1S/C26H29N3O3/c1-17(2)31-24-18(3)8-7-10-20(24)25(30)29-14-12-26(13-15-29)21-16-27-28(4)23(21)19-9-5-6-11-22(19)32-26/h5-11,16-17H,12-15H2,1-4H3. The van der Waals surface area contributed by atoms with Gasteiger partial charge in [-0.15, -0.1) is 0 Å². The number of hydrogen-bond donors (Lipinski definition) is 0. The van der Waals surface area contributed by atoms with Gasteiger partial charge in [0.05, 0.1) is 23.6 Å². The summed E-state index contributed by atoms with van der Waals surface area (Å²) in [6.45, 7) is 7.18. The highest BCUT2D eigenvalue weighted by molar-refractivity contribution is 5.97. The molecule has 6 nitrogen and oxygen atoms in total. The van der Waals surface area contributed by atoms with E-state index in [0.717, 1.165) is 41.0 Å². The Bertz CT molecular complexity index is 1170. The summed E-state index contributed by atoms with van der Waals surface area (Å²) in [6, 6.07) is 13.9. The number of para-hydroxylation sites is 2. The molecule has 0 radical (unpaired) electrons. The first-order valence-electron chi connectivity index (χ1n) is 11.3. The van der Waals surface area contributed by atoms with Gasteiger partial charge in [0.15, 0.2) is 0 Å². The number of nitrogens with zero attached hydrogens (tertiary/aromatic N) is 3. The maximum Gasteiger partial charge on any atom is 0.257 e. The van der Waals surface area contributed by atoms with E-state index < -0.39 is 5.60 Å². The van der Waals surface area contributed by atoms with Gasteiger partial charge in [-0.1, -0.05) is 24.3 Å². The molecule has 2 aromatic carbocycles. The summed E-state index contributed by atoms with van der Waals surface area (Å²) in [7, 11) is 1.97. The van der Waals surface area contributed by atoms with Gasteiger partial charge in [0, 0.05) is 44.1 Å². The molecule has 0 aliphatic carbocycles. The van der Waals surface area contributed by atoms with Crippen LogP contribution < -0.4 is 9.47 Å². The summed E-state index contributed by atoms with van der Waals surface area (Å²) in [4.78, 5) is 15.4. The largest absolute Gasteiger partial charge is 0.490 e. The molecule has 32 heavy (non-hydrogen) atoms. The number of likely N-dealkylation sites (tertiary alicyclic amines) is 1. The first kappa shape index (κ1) is 20.6. The van der Waals surface area contributed by atoms with Crippen molar-refractivity contribution in [1.29, 1.82) is 0 Å². The normalized spacial score (nSPS) is 16.5. The van der Waals surface area contributed by atoms with Crippen molar-refractivity contribution in [2.45, 2.75) is 45.3 Å². The van der Waals surface area contributed by atoms with E-state index in [1.54, 1.807) is 0 Å². The lowest BCUT2D eigenvalue weighted by Gasteiger charge is -2.44. The molecule has 2 aliphatic heterocycles. The zero-order valence-corrected chi connectivity index (χ0v) is 19.1. The van der Waals surface area contributed by atoms with E-state index in [2.05, 4.69) is 11.2 Å². The van der Waals surface area contributed by atoms with Crippen LogP contribution in [-0.4, -0.2) is 39.8 Å². The van der Waals surface area contributed by atoms with E-state index in [0.29, 0.717) is 24.4 Å². The van der Waals surface area contributed by atoms with Gasteiger partial charge in [0.2, 0.25) is 0 Å². The minimum Gasteiger partial charge on any atom is -0.490 e. The number of fused-ring (bicyclic) bond motifs is 4. The van der Waals surface area contributed by atoms with Crippen LogP contribution in [0.5, 0.6) is 11.5 Å². The highest BCUT2D eigenvalue weighted by Gasteiger charge is 2.46. The van der Waals surface area contributed by atoms with Gasteiger partial charge in [-0.2, -0.15) is 5.10 Å². The lowest BCUT2D eigenvalue weighted by molar-refractivity contribution is -0.00183. The van der Waals surface area contributed by atoms with Gasteiger partial charge in [-0.25, -0.2) is 0 Å². The monoisotopic (exact) mass is 431 g/mol. The first-order valence-corrected chi connectivity index (χ1v) is 11.3. The molecule has 1 saturated heterocycles. The molecule has 5 rings (SSSR count). The second-order valence-corrected chi connectivity index (χ2v) is 9.03. The molecule has 3 aromatic rings. The van der Waals surface area contributed by atoms with Crippen molar-refractivity contribution in [3.8, 4) is 22.8 Å². The number of benzene rings is 2. The Balaban J connectivity index is 1.42. The molecule has 0 saturated carbocycles. The van der Waals surface area contributed by atoms with Crippen LogP contribution in [0.4, 0.5) is 0 Å². The number of amides is 1. The molecular weight excluding hydrogens is 402 g/mol. The van der Waals surface area contributed by atoms with Gasteiger partial charge in [0.1, 0.15) is 17.1 Å². The molecule has 1 spiro atoms. The van der Waals surface area contributed by atoms with Crippen molar-refractivity contribution in [2.75, 3.05) is 13.1 Å². The molecule has 166 valence electrons. The second-order valence-electron chi connectivity index (χ2n) is 9.03. The smallest absolute Gasteiger partial charge is 0.257 e. The molecule has 1 aromatic heterocycles. The number of hydrogen-bond acceptors (Lipinski definition) is 4. The summed E-state index contributed by atoms with van der Waals surface area (Å²) in [5.41, 5.74) is 4.44. The molecule has 1 amide bonds. The number of carbonyl (C=O) groups is 1. The highest BCUT2D eigenvalue weighted by atomic mass is 16.5. The Morgan fingerprint density at radius 3 is 2.62 bits per heavy atom. The van der Waals surface area contributed by atoms with Crippen molar-refractivity contribution in [2.24, 2.45) is 7.05 Å². The third kappa shape index (κ3) is 3.25.